The Morgan fingerprint density at radius 2 is 2.12 bits per heavy atom. The zero-order chi connectivity index (χ0) is 11.7. The zero-order valence-electron chi connectivity index (χ0n) is 9.63. The molecule has 0 atom stereocenters. The van der Waals surface area contributed by atoms with Crippen molar-refractivity contribution in [3.8, 4) is 0 Å². The fraction of sp³-hybridized carbons (Fsp3) is 0.385. The molecule has 1 aromatic heterocycles. The number of nitrogens with zero attached hydrogens (tertiary/aromatic N) is 1. The number of aryl methyl sites for hydroxylation is 2. The standard InChI is InChI=1S/C13H16ClNO/c1-3-10-8-15(6-7-16)13-9(2)12(14)5-4-11(10)13/h4-5,8,16H,3,6-7H2,1-2H3. The van der Waals surface area contributed by atoms with E-state index in [4.69, 9.17) is 16.7 Å². The molecule has 2 aromatic rings. The lowest BCUT2D eigenvalue weighted by atomic mass is 10.1. The van der Waals surface area contributed by atoms with E-state index in [1.807, 2.05) is 13.0 Å². The second-order valence-corrected chi connectivity index (χ2v) is 4.40. The van der Waals surface area contributed by atoms with E-state index in [1.165, 1.54) is 10.9 Å². The van der Waals surface area contributed by atoms with Crippen molar-refractivity contribution >= 4 is 22.5 Å². The van der Waals surface area contributed by atoms with E-state index in [0.29, 0.717) is 6.54 Å². The van der Waals surface area contributed by atoms with Crippen molar-refractivity contribution in [3.63, 3.8) is 0 Å². The Morgan fingerprint density at radius 1 is 1.38 bits per heavy atom. The molecule has 0 amide bonds. The number of fused-ring (bicyclic) bond motifs is 1. The van der Waals surface area contributed by atoms with E-state index in [1.54, 1.807) is 0 Å². The Bertz CT molecular complexity index is 516. The molecule has 0 aliphatic carbocycles. The van der Waals surface area contributed by atoms with Gasteiger partial charge in [-0.05, 0) is 30.5 Å². The number of aliphatic hydroxyl groups excluding tert-OH is 1. The highest BCUT2D eigenvalue weighted by molar-refractivity contribution is 6.32. The van der Waals surface area contributed by atoms with Crippen molar-refractivity contribution in [2.45, 2.75) is 26.8 Å². The number of hydrogen-bond acceptors (Lipinski definition) is 1. The SMILES string of the molecule is CCc1cn(CCO)c2c(C)c(Cl)ccc12. The first-order valence-corrected chi connectivity index (χ1v) is 5.94. The summed E-state index contributed by atoms with van der Waals surface area (Å²) in [5.74, 6) is 0. The summed E-state index contributed by atoms with van der Waals surface area (Å²) in [6.45, 7) is 4.94. The molecule has 0 spiro atoms. The van der Waals surface area contributed by atoms with Gasteiger partial charge in [0.15, 0.2) is 0 Å². The van der Waals surface area contributed by atoms with Crippen molar-refractivity contribution in [1.82, 2.24) is 4.57 Å². The van der Waals surface area contributed by atoms with Crippen molar-refractivity contribution in [3.05, 3.63) is 34.5 Å². The van der Waals surface area contributed by atoms with Crippen molar-refractivity contribution in [1.29, 1.82) is 0 Å². The van der Waals surface area contributed by atoms with Crippen LogP contribution < -0.4 is 0 Å². The Morgan fingerprint density at radius 3 is 2.75 bits per heavy atom. The van der Waals surface area contributed by atoms with Gasteiger partial charge < -0.3 is 9.67 Å². The van der Waals surface area contributed by atoms with Gasteiger partial charge in [0.1, 0.15) is 0 Å². The molecule has 0 saturated carbocycles. The fourth-order valence-corrected chi connectivity index (χ4v) is 2.35. The van der Waals surface area contributed by atoms with Gasteiger partial charge in [0.05, 0.1) is 12.1 Å². The first-order chi connectivity index (χ1) is 7.69. The lowest BCUT2D eigenvalue weighted by Gasteiger charge is -2.06. The van der Waals surface area contributed by atoms with Crippen LogP contribution in [-0.2, 0) is 13.0 Å². The van der Waals surface area contributed by atoms with Crippen LogP contribution in [0.3, 0.4) is 0 Å². The van der Waals surface area contributed by atoms with Gasteiger partial charge in [0, 0.05) is 23.2 Å². The number of aromatic nitrogens is 1. The third-order valence-corrected chi connectivity index (χ3v) is 3.44. The summed E-state index contributed by atoms with van der Waals surface area (Å²) in [6.07, 6.45) is 3.11. The number of rotatable bonds is 3. The van der Waals surface area contributed by atoms with Gasteiger partial charge in [0.25, 0.3) is 0 Å². The fourth-order valence-electron chi connectivity index (χ4n) is 2.19. The minimum atomic E-state index is 0.152. The van der Waals surface area contributed by atoms with E-state index >= 15 is 0 Å². The summed E-state index contributed by atoms with van der Waals surface area (Å²) >= 11 is 6.14. The van der Waals surface area contributed by atoms with Crippen molar-refractivity contribution in [2.24, 2.45) is 0 Å². The van der Waals surface area contributed by atoms with Crippen LogP contribution in [0.1, 0.15) is 18.1 Å². The third kappa shape index (κ3) is 1.72. The highest BCUT2D eigenvalue weighted by Crippen LogP contribution is 2.29. The summed E-state index contributed by atoms with van der Waals surface area (Å²) in [5, 5.41) is 11.1. The quantitative estimate of drug-likeness (QED) is 0.872. The monoisotopic (exact) mass is 237 g/mol. The molecule has 0 aliphatic heterocycles. The van der Waals surface area contributed by atoms with Crippen LogP contribution in [-0.4, -0.2) is 16.3 Å². The van der Waals surface area contributed by atoms with Gasteiger partial charge in [-0.2, -0.15) is 0 Å². The smallest absolute Gasteiger partial charge is 0.0610 e. The first kappa shape index (κ1) is 11.5. The van der Waals surface area contributed by atoms with Gasteiger partial charge in [-0.1, -0.05) is 24.6 Å². The van der Waals surface area contributed by atoms with Crippen LogP contribution >= 0.6 is 11.6 Å². The third-order valence-electron chi connectivity index (χ3n) is 3.03. The highest BCUT2D eigenvalue weighted by Gasteiger charge is 2.11. The predicted molar refractivity (Wildman–Crippen MR) is 68.1 cm³/mol. The van der Waals surface area contributed by atoms with Crippen molar-refractivity contribution < 1.29 is 5.11 Å². The second-order valence-electron chi connectivity index (χ2n) is 3.99. The van der Waals surface area contributed by atoms with Crippen LogP contribution in [0.15, 0.2) is 18.3 Å². The van der Waals surface area contributed by atoms with Crippen LogP contribution in [0, 0.1) is 6.92 Å². The minimum absolute atomic E-state index is 0.152. The van der Waals surface area contributed by atoms with E-state index in [9.17, 15) is 0 Å². The second kappa shape index (κ2) is 4.48. The molecule has 0 bridgehead atoms. The average molecular weight is 238 g/mol. The molecule has 0 aliphatic rings. The van der Waals surface area contributed by atoms with Gasteiger partial charge in [-0.25, -0.2) is 0 Å². The lowest BCUT2D eigenvalue weighted by molar-refractivity contribution is 0.278. The van der Waals surface area contributed by atoms with Crippen molar-refractivity contribution in [2.75, 3.05) is 6.61 Å². The minimum Gasteiger partial charge on any atom is -0.395 e. The maximum absolute atomic E-state index is 9.07. The van der Waals surface area contributed by atoms with Crippen LogP contribution in [0.4, 0.5) is 0 Å². The van der Waals surface area contributed by atoms with E-state index in [2.05, 4.69) is 23.8 Å². The van der Waals surface area contributed by atoms with E-state index < -0.39 is 0 Å². The topological polar surface area (TPSA) is 25.2 Å². The van der Waals surface area contributed by atoms with Gasteiger partial charge in [-0.15, -0.1) is 0 Å². The molecule has 0 unspecified atom stereocenters. The molecule has 2 nitrogen and oxygen atoms in total. The lowest BCUT2D eigenvalue weighted by Crippen LogP contribution is -2.01. The van der Waals surface area contributed by atoms with Gasteiger partial charge in [0.2, 0.25) is 0 Å². The molecule has 1 aromatic carbocycles. The summed E-state index contributed by atoms with van der Waals surface area (Å²) in [7, 11) is 0. The molecule has 3 heteroatoms. The molecule has 0 radical (unpaired) electrons. The zero-order valence-corrected chi connectivity index (χ0v) is 10.4. The molecule has 86 valence electrons. The van der Waals surface area contributed by atoms with Crippen LogP contribution in [0.25, 0.3) is 10.9 Å². The Kier molecular flexibility index (Phi) is 3.22. The Balaban J connectivity index is 2.75. The molecule has 1 heterocycles. The predicted octanol–water partition coefficient (Wildman–Crippen LogP) is 3.16. The normalized spacial score (nSPS) is 11.2. The largest absolute Gasteiger partial charge is 0.395 e. The maximum Gasteiger partial charge on any atom is 0.0610 e. The van der Waals surface area contributed by atoms with Gasteiger partial charge >= 0.3 is 0 Å². The number of benzene rings is 1. The maximum atomic E-state index is 9.07. The summed E-state index contributed by atoms with van der Waals surface area (Å²) in [5.41, 5.74) is 3.55. The molecule has 16 heavy (non-hydrogen) atoms. The van der Waals surface area contributed by atoms with Crippen LogP contribution in [0.5, 0.6) is 0 Å². The molecule has 2 rings (SSSR count). The summed E-state index contributed by atoms with van der Waals surface area (Å²) in [6, 6.07) is 4.01. The molecular weight excluding hydrogens is 222 g/mol. The molecule has 0 saturated heterocycles. The van der Waals surface area contributed by atoms with E-state index in [-0.39, 0.29) is 6.61 Å². The molecular formula is C13H16ClNO. The molecule has 1 N–H and O–H groups in total. The van der Waals surface area contributed by atoms with E-state index in [0.717, 1.165) is 22.5 Å². The number of hydrogen-bond donors (Lipinski definition) is 1. The van der Waals surface area contributed by atoms with Crippen LogP contribution in [0.2, 0.25) is 5.02 Å². The number of aliphatic hydroxyl groups is 1. The highest BCUT2D eigenvalue weighted by atomic mass is 35.5. The Labute approximate surface area is 100 Å². The van der Waals surface area contributed by atoms with Gasteiger partial charge in [-0.3, -0.25) is 0 Å². The first-order valence-electron chi connectivity index (χ1n) is 5.56. The summed E-state index contributed by atoms with van der Waals surface area (Å²) in [4.78, 5) is 0. The summed E-state index contributed by atoms with van der Waals surface area (Å²) < 4.78 is 2.09. The number of halogens is 1. The molecule has 0 fully saturated rings. The Hall–Kier alpha value is -0.990. The average Bonchev–Trinajstić information content (AvgIpc) is 2.63.